The van der Waals surface area contributed by atoms with E-state index in [1.54, 1.807) is 0 Å². The summed E-state index contributed by atoms with van der Waals surface area (Å²) in [5.41, 5.74) is 8.63. The number of ether oxygens (including phenoxy) is 1. The van der Waals surface area contributed by atoms with Crippen LogP contribution in [0.15, 0.2) is 24.3 Å². The summed E-state index contributed by atoms with van der Waals surface area (Å²) in [6.45, 7) is 6.63. The largest absolute Gasteiger partial charge is 0.376 e. The summed E-state index contributed by atoms with van der Waals surface area (Å²) in [6.07, 6.45) is 1.23. The van der Waals surface area contributed by atoms with Crippen LogP contribution >= 0.6 is 0 Å². The van der Waals surface area contributed by atoms with Crippen LogP contribution in [-0.4, -0.2) is 36.7 Å². The molecule has 100 valence electrons. The monoisotopic (exact) mass is 248 g/mol. The fourth-order valence-electron chi connectivity index (χ4n) is 2.82. The summed E-state index contributed by atoms with van der Waals surface area (Å²) in [7, 11) is 2.15. The zero-order valence-corrected chi connectivity index (χ0v) is 11.6. The summed E-state index contributed by atoms with van der Waals surface area (Å²) in [5, 5.41) is 0. The molecule has 3 nitrogen and oxygen atoms in total. The van der Waals surface area contributed by atoms with Crippen molar-refractivity contribution in [3.63, 3.8) is 0 Å². The summed E-state index contributed by atoms with van der Waals surface area (Å²) in [6, 6.07) is 8.70. The van der Waals surface area contributed by atoms with E-state index in [-0.39, 0.29) is 11.6 Å². The van der Waals surface area contributed by atoms with Crippen LogP contribution in [-0.2, 0) is 11.3 Å². The van der Waals surface area contributed by atoms with Crippen molar-refractivity contribution in [2.24, 2.45) is 5.73 Å². The predicted octanol–water partition coefficient (Wildman–Crippen LogP) is 1.93. The molecule has 1 aromatic carbocycles. The second-order valence-electron chi connectivity index (χ2n) is 5.41. The van der Waals surface area contributed by atoms with Crippen molar-refractivity contribution in [3.05, 3.63) is 35.4 Å². The molecular formula is C15H24N2O. The number of aryl methyl sites for hydroxylation is 1. The minimum atomic E-state index is -0.00904. The Morgan fingerprint density at radius 3 is 2.56 bits per heavy atom. The summed E-state index contributed by atoms with van der Waals surface area (Å²) in [4.78, 5) is 2.36. The van der Waals surface area contributed by atoms with Gasteiger partial charge in [0.25, 0.3) is 0 Å². The van der Waals surface area contributed by atoms with E-state index in [0.29, 0.717) is 6.54 Å². The lowest BCUT2D eigenvalue weighted by molar-refractivity contribution is 0.0245. The fraction of sp³-hybridized carbons (Fsp3) is 0.600. The Morgan fingerprint density at radius 2 is 2.06 bits per heavy atom. The lowest BCUT2D eigenvalue weighted by Gasteiger charge is -2.40. The highest BCUT2D eigenvalue weighted by Crippen LogP contribution is 2.31. The SMILES string of the molecule is Cc1ccc(CN(C)C2(CN)CCOC2C)cc1. The van der Waals surface area contributed by atoms with Crippen LogP contribution < -0.4 is 5.73 Å². The van der Waals surface area contributed by atoms with Gasteiger partial charge in [0.1, 0.15) is 0 Å². The second kappa shape index (κ2) is 5.39. The molecule has 3 heteroatoms. The Balaban J connectivity index is 2.10. The van der Waals surface area contributed by atoms with Crippen molar-refractivity contribution in [1.82, 2.24) is 4.90 Å². The molecule has 0 aliphatic carbocycles. The standard InChI is InChI=1S/C15H24N2O/c1-12-4-6-14(7-5-12)10-17(3)15(11-16)8-9-18-13(15)2/h4-7,13H,8-11,16H2,1-3H3. The third kappa shape index (κ3) is 2.44. The minimum Gasteiger partial charge on any atom is -0.376 e. The maximum absolute atomic E-state index is 6.02. The van der Waals surface area contributed by atoms with Crippen LogP contribution in [0.4, 0.5) is 0 Å². The zero-order chi connectivity index (χ0) is 13.2. The first-order chi connectivity index (χ1) is 8.58. The molecule has 1 fully saturated rings. The maximum Gasteiger partial charge on any atom is 0.0743 e. The molecule has 1 aliphatic rings. The van der Waals surface area contributed by atoms with Gasteiger partial charge in [0, 0.05) is 19.7 Å². The highest BCUT2D eigenvalue weighted by Gasteiger charge is 2.43. The van der Waals surface area contributed by atoms with Gasteiger partial charge in [-0.3, -0.25) is 4.90 Å². The van der Waals surface area contributed by atoms with Crippen LogP contribution in [0.5, 0.6) is 0 Å². The Labute approximate surface area is 110 Å². The van der Waals surface area contributed by atoms with E-state index in [0.717, 1.165) is 19.6 Å². The van der Waals surface area contributed by atoms with Crippen LogP contribution in [0.25, 0.3) is 0 Å². The summed E-state index contributed by atoms with van der Waals surface area (Å²) < 4.78 is 5.72. The lowest BCUT2D eigenvalue weighted by atomic mass is 9.90. The lowest BCUT2D eigenvalue weighted by Crippen LogP contribution is -2.56. The molecule has 1 saturated heterocycles. The Bertz CT molecular complexity index is 390. The Kier molecular flexibility index (Phi) is 4.05. The first-order valence-corrected chi connectivity index (χ1v) is 6.67. The normalized spacial score (nSPS) is 27.9. The van der Waals surface area contributed by atoms with E-state index in [9.17, 15) is 0 Å². The van der Waals surface area contributed by atoms with Crippen LogP contribution in [0.1, 0.15) is 24.5 Å². The van der Waals surface area contributed by atoms with Crippen molar-refractivity contribution >= 4 is 0 Å². The third-order valence-corrected chi connectivity index (χ3v) is 4.31. The van der Waals surface area contributed by atoms with Gasteiger partial charge >= 0.3 is 0 Å². The van der Waals surface area contributed by atoms with Gasteiger partial charge in [0.15, 0.2) is 0 Å². The van der Waals surface area contributed by atoms with Gasteiger partial charge in [-0.05, 0) is 32.9 Å². The molecule has 0 bridgehead atoms. The molecule has 1 heterocycles. The average Bonchev–Trinajstić information content (AvgIpc) is 2.74. The molecule has 2 atom stereocenters. The Hall–Kier alpha value is -0.900. The molecular weight excluding hydrogens is 224 g/mol. The first kappa shape index (κ1) is 13.5. The number of likely N-dealkylation sites (N-methyl/N-ethyl adjacent to an activating group) is 1. The van der Waals surface area contributed by atoms with Gasteiger partial charge in [-0.15, -0.1) is 0 Å². The molecule has 0 radical (unpaired) electrons. The molecule has 0 aromatic heterocycles. The van der Waals surface area contributed by atoms with Gasteiger partial charge in [-0.2, -0.15) is 0 Å². The molecule has 0 spiro atoms. The quantitative estimate of drug-likeness (QED) is 0.885. The van der Waals surface area contributed by atoms with Gasteiger partial charge in [-0.25, -0.2) is 0 Å². The average molecular weight is 248 g/mol. The van der Waals surface area contributed by atoms with Gasteiger partial charge in [-0.1, -0.05) is 29.8 Å². The molecule has 2 N–H and O–H groups in total. The molecule has 0 saturated carbocycles. The summed E-state index contributed by atoms with van der Waals surface area (Å²) in [5.74, 6) is 0. The van der Waals surface area contributed by atoms with E-state index in [1.807, 2.05) is 0 Å². The number of benzene rings is 1. The number of nitrogens with zero attached hydrogens (tertiary/aromatic N) is 1. The third-order valence-electron chi connectivity index (χ3n) is 4.31. The molecule has 2 unspecified atom stereocenters. The van der Waals surface area contributed by atoms with E-state index in [2.05, 4.69) is 50.1 Å². The van der Waals surface area contributed by atoms with Gasteiger partial charge < -0.3 is 10.5 Å². The van der Waals surface area contributed by atoms with E-state index >= 15 is 0 Å². The van der Waals surface area contributed by atoms with Crippen molar-refractivity contribution in [2.75, 3.05) is 20.2 Å². The molecule has 1 aromatic rings. The highest BCUT2D eigenvalue weighted by molar-refractivity contribution is 5.21. The first-order valence-electron chi connectivity index (χ1n) is 6.67. The number of nitrogens with two attached hydrogens (primary N) is 1. The van der Waals surface area contributed by atoms with E-state index in [4.69, 9.17) is 10.5 Å². The van der Waals surface area contributed by atoms with Crippen molar-refractivity contribution < 1.29 is 4.74 Å². The van der Waals surface area contributed by atoms with E-state index in [1.165, 1.54) is 11.1 Å². The number of hydrogen-bond donors (Lipinski definition) is 1. The summed E-state index contributed by atoms with van der Waals surface area (Å²) >= 11 is 0. The predicted molar refractivity (Wildman–Crippen MR) is 74.5 cm³/mol. The van der Waals surface area contributed by atoms with Crippen molar-refractivity contribution in [2.45, 2.75) is 38.5 Å². The minimum absolute atomic E-state index is 0.00904. The molecule has 2 rings (SSSR count). The van der Waals surface area contributed by atoms with Crippen LogP contribution in [0.2, 0.25) is 0 Å². The maximum atomic E-state index is 6.02. The van der Waals surface area contributed by atoms with Crippen LogP contribution in [0.3, 0.4) is 0 Å². The Morgan fingerprint density at radius 1 is 1.39 bits per heavy atom. The number of rotatable bonds is 4. The molecule has 1 aliphatic heterocycles. The van der Waals surface area contributed by atoms with Crippen molar-refractivity contribution in [1.29, 1.82) is 0 Å². The van der Waals surface area contributed by atoms with Crippen LogP contribution in [0, 0.1) is 6.92 Å². The fourth-order valence-corrected chi connectivity index (χ4v) is 2.82. The smallest absolute Gasteiger partial charge is 0.0743 e. The van der Waals surface area contributed by atoms with Gasteiger partial charge in [0.05, 0.1) is 11.6 Å². The second-order valence-corrected chi connectivity index (χ2v) is 5.41. The zero-order valence-electron chi connectivity index (χ0n) is 11.6. The molecule has 0 amide bonds. The topological polar surface area (TPSA) is 38.5 Å². The number of hydrogen-bond acceptors (Lipinski definition) is 3. The highest BCUT2D eigenvalue weighted by atomic mass is 16.5. The van der Waals surface area contributed by atoms with E-state index < -0.39 is 0 Å². The van der Waals surface area contributed by atoms with Gasteiger partial charge in [0.2, 0.25) is 0 Å². The van der Waals surface area contributed by atoms with Crippen molar-refractivity contribution in [3.8, 4) is 0 Å². The molecule has 18 heavy (non-hydrogen) atoms.